The molecule has 0 saturated carbocycles. The lowest BCUT2D eigenvalue weighted by Gasteiger charge is -2.08. The van der Waals surface area contributed by atoms with Gasteiger partial charge in [-0.3, -0.25) is 10.1 Å². The van der Waals surface area contributed by atoms with Crippen LogP contribution in [0.4, 0.5) is 5.69 Å². The van der Waals surface area contributed by atoms with Gasteiger partial charge in [-0.25, -0.2) is 0 Å². The first-order valence-corrected chi connectivity index (χ1v) is 7.82. The number of rotatable bonds is 6. The van der Waals surface area contributed by atoms with Crippen LogP contribution in [-0.2, 0) is 9.09 Å². The number of benzene rings is 2. The molecular formula is C15H15NO5P+. The van der Waals surface area contributed by atoms with Crippen LogP contribution in [0.3, 0.4) is 0 Å². The molecule has 6 nitrogen and oxygen atoms in total. The lowest BCUT2D eigenvalue weighted by Crippen LogP contribution is -2.08. The van der Waals surface area contributed by atoms with Gasteiger partial charge in [0.15, 0.2) is 0 Å². The minimum Gasteiger partial charge on any atom is -0.457 e. The zero-order valence-corrected chi connectivity index (χ0v) is 13.1. The van der Waals surface area contributed by atoms with Gasteiger partial charge in [-0.05, 0) is 36.1 Å². The maximum atomic E-state index is 12.1. The molecule has 0 radical (unpaired) electrons. The molecule has 0 aromatic heterocycles. The molecule has 2 aromatic rings. The van der Waals surface area contributed by atoms with Gasteiger partial charge in [0.25, 0.3) is 0 Å². The molecule has 0 N–H and O–H groups in total. The highest BCUT2D eigenvalue weighted by Crippen LogP contribution is 2.33. The maximum absolute atomic E-state index is 12.1. The van der Waals surface area contributed by atoms with Gasteiger partial charge in [0, 0.05) is 12.1 Å². The van der Waals surface area contributed by atoms with Crippen LogP contribution in [0.2, 0.25) is 0 Å². The van der Waals surface area contributed by atoms with Crippen LogP contribution in [0.5, 0.6) is 11.5 Å². The second-order valence-corrected chi connectivity index (χ2v) is 5.71. The van der Waals surface area contributed by atoms with E-state index in [0.29, 0.717) is 17.1 Å². The van der Waals surface area contributed by atoms with Gasteiger partial charge in [-0.15, -0.1) is 4.52 Å². The summed E-state index contributed by atoms with van der Waals surface area (Å²) in [7, 11) is -2.30. The fraction of sp³-hybridized carbons (Fsp3) is 0.200. The Hall–Kier alpha value is -2.30. The Bertz CT molecular complexity index is 703. The lowest BCUT2D eigenvalue weighted by atomic mass is 10.2. The smallest absolute Gasteiger partial charge is 0.457 e. The molecule has 2 aromatic carbocycles. The van der Waals surface area contributed by atoms with Crippen LogP contribution in [-0.4, -0.2) is 11.5 Å². The molecule has 1 atom stereocenters. The van der Waals surface area contributed by atoms with Gasteiger partial charge >= 0.3 is 19.0 Å². The van der Waals surface area contributed by atoms with Crippen molar-refractivity contribution in [2.45, 2.75) is 13.8 Å². The Balaban J connectivity index is 2.45. The molecule has 2 rings (SSSR count). The SMILES string of the molecule is CCO[P+](=O)c1cc(Oc2ccccc2)c(C)cc1[N+](=O)[O-]. The van der Waals surface area contributed by atoms with Crippen molar-refractivity contribution in [1.29, 1.82) is 0 Å². The van der Waals surface area contributed by atoms with Crippen LogP contribution >= 0.6 is 8.03 Å². The third-order valence-electron chi connectivity index (χ3n) is 2.88. The summed E-state index contributed by atoms with van der Waals surface area (Å²) in [5.74, 6) is 1.01. The third kappa shape index (κ3) is 3.67. The molecule has 0 saturated heterocycles. The first kappa shape index (κ1) is 16.1. The van der Waals surface area contributed by atoms with Crippen LogP contribution in [0.15, 0.2) is 42.5 Å². The Morgan fingerprint density at radius 1 is 1.23 bits per heavy atom. The van der Waals surface area contributed by atoms with Crippen molar-refractivity contribution in [3.05, 3.63) is 58.1 Å². The van der Waals surface area contributed by atoms with E-state index < -0.39 is 13.0 Å². The predicted molar refractivity (Wildman–Crippen MR) is 83.2 cm³/mol. The van der Waals surface area contributed by atoms with E-state index in [4.69, 9.17) is 9.26 Å². The largest absolute Gasteiger partial charge is 0.556 e. The predicted octanol–water partition coefficient (Wildman–Crippen LogP) is 4.10. The fourth-order valence-electron chi connectivity index (χ4n) is 1.87. The Morgan fingerprint density at radius 2 is 1.91 bits per heavy atom. The summed E-state index contributed by atoms with van der Waals surface area (Å²) in [5, 5.41) is 11.2. The summed E-state index contributed by atoms with van der Waals surface area (Å²) in [6, 6.07) is 11.8. The van der Waals surface area contributed by atoms with Crippen molar-refractivity contribution in [1.82, 2.24) is 0 Å². The van der Waals surface area contributed by atoms with E-state index in [2.05, 4.69) is 0 Å². The zero-order chi connectivity index (χ0) is 16.1. The normalized spacial score (nSPS) is 11.1. The third-order valence-corrected chi connectivity index (χ3v) is 4.13. The van der Waals surface area contributed by atoms with Crippen LogP contribution in [0, 0.1) is 17.0 Å². The highest BCUT2D eigenvalue weighted by molar-refractivity contribution is 7.48. The van der Waals surface area contributed by atoms with E-state index in [9.17, 15) is 14.7 Å². The van der Waals surface area contributed by atoms with Crippen molar-refractivity contribution in [3.63, 3.8) is 0 Å². The van der Waals surface area contributed by atoms with E-state index in [1.807, 2.05) is 18.2 Å². The van der Waals surface area contributed by atoms with Gasteiger partial charge in [0.2, 0.25) is 0 Å². The molecule has 0 aliphatic heterocycles. The molecule has 1 unspecified atom stereocenters. The first-order chi connectivity index (χ1) is 10.5. The summed E-state index contributed by atoms with van der Waals surface area (Å²) >= 11 is 0. The van der Waals surface area contributed by atoms with Crippen molar-refractivity contribution in [3.8, 4) is 11.5 Å². The van der Waals surface area contributed by atoms with Gasteiger partial charge < -0.3 is 4.74 Å². The standard InChI is InChI=1S/C15H15NO5P/c1-3-20-22(19)15-10-14(11(2)9-13(15)16(17)18)21-12-7-5-4-6-8-12/h4-10H,3H2,1-2H3/q+1. The monoisotopic (exact) mass is 320 g/mol. The number of nitrogens with zero attached hydrogens (tertiary/aromatic N) is 1. The molecular weight excluding hydrogens is 305 g/mol. The van der Waals surface area contributed by atoms with Crippen molar-refractivity contribution in [2.24, 2.45) is 0 Å². The van der Waals surface area contributed by atoms with E-state index in [0.717, 1.165) is 0 Å². The number of ether oxygens (including phenoxy) is 1. The summed E-state index contributed by atoms with van der Waals surface area (Å²) in [4.78, 5) is 10.6. The molecule has 0 amide bonds. The van der Waals surface area contributed by atoms with Gasteiger partial charge in [-0.2, -0.15) is 0 Å². The minimum atomic E-state index is -2.30. The molecule has 114 valence electrons. The molecule has 0 spiro atoms. The van der Waals surface area contributed by atoms with Crippen LogP contribution in [0.1, 0.15) is 12.5 Å². The number of hydrogen-bond acceptors (Lipinski definition) is 5. The number of para-hydroxylation sites is 1. The molecule has 7 heteroatoms. The summed E-state index contributed by atoms with van der Waals surface area (Å²) in [6.07, 6.45) is 0. The van der Waals surface area contributed by atoms with E-state index in [1.54, 1.807) is 26.0 Å². The molecule has 0 bridgehead atoms. The minimum absolute atomic E-state index is 0.0263. The van der Waals surface area contributed by atoms with Crippen molar-refractivity contribution in [2.75, 3.05) is 6.61 Å². The first-order valence-electron chi connectivity index (χ1n) is 6.65. The summed E-state index contributed by atoms with van der Waals surface area (Å²) in [5.41, 5.74) is 0.353. The van der Waals surface area contributed by atoms with Gasteiger partial charge in [0.1, 0.15) is 18.1 Å². The van der Waals surface area contributed by atoms with Crippen molar-refractivity contribution < 1.29 is 18.7 Å². The second kappa shape index (κ2) is 7.11. The number of nitro benzene ring substituents is 1. The average Bonchev–Trinajstić information content (AvgIpc) is 2.50. The highest BCUT2D eigenvalue weighted by Gasteiger charge is 2.34. The van der Waals surface area contributed by atoms with Crippen LogP contribution in [0.25, 0.3) is 0 Å². The van der Waals surface area contributed by atoms with Gasteiger partial charge in [-0.1, -0.05) is 18.2 Å². The topological polar surface area (TPSA) is 78.7 Å². The quantitative estimate of drug-likeness (QED) is 0.455. The maximum Gasteiger partial charge on any atom is 0.556 e. The Kier molecular flexibility index (Phi) is 5.20. The van der Waals surface area contributed by atoms with E-state index >= 15 is 0 Å². The Labute approximate surface area is 128 Å². The molecule has 22 heavy (non-hydrogen) atoms. The summed E-state index contributed by atoms with van der Waals surface area (Å²) < 4.78 is 22.8. The number of nitro groups is 1. The second-order valence-electron chi connectivity index (χ2n) is 4.45. The van der Waals surface area contributed by atoms with Crippen molar-refractivity contribution >= 4 is 19.0 Å². The Morgan fingerprint density at radius 3 is 2.50 bits per heavy atom. The number of hydrogen-bond donors (Lipinski definition) is 0. The van der Waals surface area contributed by atoms with Gasteiger partial charge in [0.05, 0.1) is 4.92 Å². The highest BCUT2D eigenvalue weighted by atomic mass is 31.1. The zero-order valence-electron chi connectivity index (χ0n) is 12.2. The molecule has 0 aliphatic rings. The molecule has 0 heterocycles. The van der Waals surface area contributed by atoms with E-state index in [-0.39, 0.29) is 17.6 Å². The molecule has 0 aliphatic carbocycles. The fourth-order valence-corrected chi connectivity index (χ4v) is 2.80. The lowest BCUT2D eigenvalue weighted by molar-refractivity contribution is -0.383. The number of aryl methyl sites for hydroxylation is 1. The van der Waals surface area contributed by atoms with Crippen LogP contribution < -0.4 is 10.0 Å². The van der Waals surface area contributed by atoms with E-state index in [1.165, 1.54) is 12.1 Å². The molecule has 0 fully saturated rings. The average molecular weight is 320 g/mol. The summed E-state index contributed by atoms with van der Waals surface area (Å²) in [6.45, 7) is 3.58.